The fraction of sp³-hybridized carbons (Fsp3) is 0.444. The van der Waals surface area contributed by atoms with Crippen molar-refractivity contribution in [2.75, 3.05) is 0 Å². The molecule has 0 fully saturated rings. The number of allylic oxidation sites excluding steroid dienone is 2. The molecule has 2 heteroatoms. The van der Waals surface area contributed by atoms with Gasteiger partial charge in [-0.05, 0) is 43.7 Å². The van der Waals surface area contributed by atoms with Crippen LogP contribution in [0.1, 0.15) is 51.7 Å². The van der Waals surface area contributed by atoms with E-state index >= 15 is 0 Å². The maximum absolute atomic E-state index is 11.0. The van der Waals surface area contributed by atoms with E-state index in [2.05, 4.69) is 32.9 Å². The number of aldehydes is 1. The Labute approximate surface area is 122 Å². The zero-order valence-corrected chi connectivity index (χ0v) is 12.8. The van der Waals surface area contributed by atoms with Gasteiger partial charge in [-0.25, -0.2) is 0 Å². The minimum Gasteiger partial charge on any atom is -0.303 e. The lowest BCUT2D eigenvalue weighted by Crippen LogP contribution is -2.26. The molecule has 0 aliphatic heterocycles. The molecule has 106 valence electrons. The van der Waals surface area contributed by atoms with Crippen LogP contribution in [0.5, 0.6) is 0 Å². The van der Waals surface area contributed by atoms with Crippen molar-refractivity contribution in [3.63, 3.8) is 0 Å². The van der Waals surface area contributed by atoms with Crippen LogP contribution in [0, 0.1) is 17.2 Å². The lowest BCUT2D eigenvalue weighted by molar-refractivity contribution is -0.111. The minimum atomic E-state index is -0.191. The van der Waals surface area contributed by atoms with E-state index in [9.17, 15) is 10.1 Å². The molecule has 0 radical (unpaired) electrons. The average molecular weight is 269 g/mol. The smallest absolute Gasteiger partial charge is 0.122 e. The number of carbonyl (C=O) groups is 1. The van der Waals surface area contributed by atoms with E-state index in [0.29, 0.717) is 5.56 Å². The first-order valence-corrected chi connectivity index (χ1v) is 7.01. The summed E-state index contributed by atoms with van der Waals surface area (Å²) in [5.41, 5.74) is 2.80. The number of nitrogens with zero attached hydrogens (tertiary/aromatic N) is 1. The predicted octanol–water partition coefficient (Wildman–Crippen LogP) is 4.40. The van der Waals surface area contributed by atoms with Gasteiger partial charge < -0.3 is 4.79 Å². The van der Waals surface area contributed by atoms with Gasteiger partial charge in [0.1, 0.15) is 6.29 Å². The highest BCUT2D eigenvalue weighted by molar-refractivity contribution is 5.54. The Balaban J connectivity index is 3.25. The molecule has 2 atom stereocenters. The maximum atomic E-state index is 11.0. The third-order valence-corrected chi connectivity index (χ3v) is 3.66. The second-order valence-corrected chi connectivity index (χ2v) is 6.02. The molecule has 0 spiro atoms. The second-order valence-electron chi connectivity index (χ2n) is 6.02. The molecule has 0 bridgehead atoms. The number of hydrogen-bond acceptors (Lipinski definition) is 2. The first-order chi connectivity index (χ1) is 9.42. The molecule has 0 heterocycles. The predicted molar refractivity (Wildman–Crippen MR) is 82.4 cm³/mol. The Morgan fingerprint density at radius 1 is 1.40 bits per heavy atom. The van der Waals surface area contributed by atoms with Crippen LogP contribution in [-0.2, 0) is 10.2 Å². The standard InChI is InChI=1S/C18H23NO/c1-14(2)9-10-18(4,11-15(3)13-20)17-8-6-5-7-16(17)12-19/h5-9,13,15H,10-11H2,1-4H3. The van der Waals surface area contributed by atoms with Crippen molar-refractivity contribution >= 4 is 6.29 Å². The fourth-order valence-electron chi connectivity index (χ4n) is 2.60. The maximum Gasteiger partial charge on any atom is 0.122 e. The van der Waals surface area contributed by atoms with Crippen molar-refractivity contribution in [1.29, 1.82) is 5.26 Å². The van der Waals surface area contributed by atoms with Gasteiger partial charge in [-0.3, -0.25) is 0 Å². The number of hydrogen-bond donors (Lipinski definition) is 0. The summed E-state index contributed by atoms with van der Waals surface area (Å²) >= 11 is 0. The van der Waals surface area contributed by atoms with Gasteiger partial charge in [0.25, 0.3) is 0 Å². The van der Waals surface area contributed by atoms with Crippen LogP contribution in [0.25, 0.3) is 0 Å². The SMILES string of the molecule is CC(C)=CCC(C)(CC(C)C=O)c1ccccc1C#N. The van der Waals surface area contributed by atoms with Crippen LogP contribution < -0.4 is 0 Å². The zero-order valence-electron chi connectivity index (χ0n) is 12.8. The summed E-state index contributed by atoms with van der Waals surface area (Å²) < 4.78 is 0. The molecule has 0 aliphatic carbocycles. The van der Waals surface area contributed by atoms with Crippen molar-refractivity contribution in [2.45, 2.75) is 46.0 Å². The van der Waals surface area contributed by atoms with Gasteiger partial charge in [-0.15, -0.1) is 0 Å². The lowest BCUT2D eigenvalue weighted by Gasteiger charge is -2.31. The summed E-state index contributed by atoms with van der Waals surface area (Å²) in [5, 5.41) is 9.32. The third-order valence-electron chi connectivity index (χ3n) is 3.66. The number of rotatable bonds is 6. The summed E-state index contributed by atoms with van der Waals surface area (Å²) in [4.78, 5) is 11.0. The molecule has 1 aromatic carbocycles. The summed E-state index contributed by atoms with van der Waals surface area (Å²) in [6.45, 7) is 8.21. The number of nitriles is 1. The van der Waals surface area contributed by atoms with Gasteiger partial charge in [-0.1, -0.05) is 43.7 Å². The van der Waals surface area contributed by atoms with E-state index in [1.54, 1.807) is 0 Å². The van der Waals surface area contributed by atoms with Crippen molar-refractivity contribution < 1.29 is 4.79 Å². The lowest BCUT2D eigenvalue weighted by atomic mass is 9.72. The Morgan fingerprint density at radius 3 is 2.60 bits per heavy atom. The highest BCUT2D eigenvalue weighted by atomic mass is 16.1. The summed E-state index contributed by atoms with van der Waals surface area (Å²) in [5.74, 6) is -0.0164. The molecule has 1 rings (SSSR count). The Kier molecular flexibility index (Phi) is 5.70. The molecular weight excluding hydrogens is 246 g/mol. The van der Waals surface area contributed by atoms with Gasteiger partial charge in [0.2, 0.25) is 0 Å². The summed E-state index contributed by atoms with van der Waals surface area (Å²) in [7, 11) is 0. The van der Waals surface area contributed by atoms with Crippen molar-refractivity contribution in [1.82, 2.24) is 0 Å². The molecule has 20 heavy (non-hydrogen) atoms. The molecule has 0 aromatic heterocycles. The molecule has 0 N–H and O–H groups in total. The monoisotopic (exact) mass is 269 g/mol. The highest BCUT2D eigenvalue weighted by Gasteiger charge is 2.29. The van der Waals surface area contributed by atoms with E-state index in [1.807, 2.05) is 31.2 Å². The van der Waals surface area contributed by atoms with Gasteiger partial charge in [0, 0.05) is 5.92 Å². The largest absolute Gasteiger partial charge is 0.303 e. The Morgan fingerprint density at radius 2 is 2.05 bits per heavy atom. The van der Waals surface area contributed by atoms with E-state index in [-0.39, 0.29) is 11.3 Å². The van der Waals surface area contributed by atoms with E-state index < -0.39 is 0 Å². The normalized spacial score (nSPS) is 14.8. The van der Waals surface area contributed by atoms with Crippen LogP contribution in [0.15, 0.2) is 35.9 Å². The topological polar surface area (TPSA) is 40.9 Å². The first kappa shape index (κ1) is 16.2. The Hall–Kier alpha value is -1.88. The van der Waals surface area contributed by atoms with Gasteiger partial charge in [0.15, 0.2) is 0 Å². The van der Waals surface area contributed by atoms with Crippen LogP contribution in [-0.4, -0.2) is 6.29 Å². The fourth-order valence-corrected chi connectivity index (χ4v) is 2.60. The van der Waals surface area contributed by atoms with Crippen LogP contribution >= 0.6 is 0 Å². The van der Waals surface area contributed by atoms with Crippen LogP contribution in [0.3, 0.4) is 0 Å². The summed E-state index contributed by atoms with van der Waals surface area (Å²) in [6, 6.07) is 9.97. The number of benzene rings is 1. The first-order valence-electron chi connectivity index (χ1n) is 7.01. The molecule has 1 aromatic rings. The van der Waals surface area contributed by atoms with Gasteiger partial charge in [0.05, 0.1) is 11.6 Å². The second kappa shape index (κ2) is 7.05. The highest BCUT2D eigenvalue weighted by Crippen LogP contribution is 2.36. The molecule has 0 amide bonds. The van der Waals surface area contributed by atoms with E-state index in [0.717, 1.165) is 24.7 Å². The number of carbonyl (C=O) groups excluding carboxylic acids is 1. The van der Waals surface area contributed by atoms with Crippen molar-refractivity contribution in [3.05, 3.63) is 47.0 Å². The molecule has 0 saturated carbocycles. The van der Waals surface area contributed by atoms with E-state index in [4.69, 9.17) is 0 Å². The average Bonchev–Trinajstić information content (AvgIpc) is 2.45. The van der Waals surface area contributed by atoms with Crippen molar-refractivity contribution in [2.24, 2.45) is 5.92 Å². The van der Waals surface area contributed by atoms with Crippen LogP contribution in [0.2, 0.25) is 0 Å². The van der Waals surface area contributed by atoms with E-state index in [1.165, 1.54) is 5.57 Å². The molecule has 0 saturated heterocycles. The van der Waals surface area contributed by atoms with Gasteiger partial charge in [-0.2, -0.15) is 5.26 Å². The minimum absolute atomic E-state index is 0.0164. The van der Waals surface area contributed by atoms with Crippen molar-refractivity contribution in [3.8, 4) is 6.07 Å². The zero-order chi connectivity index (χ0) is 15.2. The quantitative estimate of drug-likeness (QED) is 0.567. The summed E-state index contributed by atoms with van der Waals surface area (Å²) in [6.07, 6.45) is 4.77. The van der Waals surface area contributed by atoms with Crippen LogP contribution in [0.4, 0.5) is 0 Å². The molecule has 0 aliphatic rings. The third kappa shape index (κ3) is 4.06. The Bertz CT molecular complexity index is 535. The molecule has 2 nitrogen and oxygen atoms in total. The molecule has 2 unspecified atom stereocenters. The molecular formula is C18H23NO. The van der Waals surface area contributed by atoms with Gasteiger partial charge >= 0.3 is 0 Å².